The average Bonchev–Trinajstić information content (AvgIpc) is 2.33. The van der Waals surface area contributed by atoms with Crippen molar-refractivity contribution in [2.45, 2.75) is 19.8 Å². The van der Waals surface area contributed by atoms with Gasteiger partial charge in [0, 0.05) is 24.2 Å². The summed E-state index contributed by atoms with van der Waals surface area (Å²) in [6.07, 6.45) is 1.69. The topological polar surface area (TPSA) is 37.8 Å². The lowest BCUT2D eigenvalue weighted by molar-refractivity contribution is 0.509. The lowest BCUT2D eigenvalue weighted by atomic mass is 10.3. The molecule has 0 spiro atoms. The molecule has 0 saturated carbocycles. The molecule has 0 atom stereocenters. The van der Waals surface area contributed by atoms with Gasteiger partial charge in [0.2, 0.25) is 0 Å². The maximum Gasteiger partial charge on any atom is 0.160 e. The van der Waals surface area contributed by atoms with E-state index in [1.165, 1.54) is 6.07 Å². The number of aryl methyl sites for hydroxylation is 1. The molecule has 2 rings (SSSR count). The van der Waals surface area contributed by atoms with E-state index in [2.05, 4.69) is 31.2 Å². The molecule has 1 aromatic heterocycles. The van der Waals surface area contributed by atoms with Gasteiger partial charge in [-0.15, -0.1) is 0 Å². The lowest BCUT2D eigenvalue weighted by Gasteiger charge is -2.08. The minimum atomic E-state index is -0.896. The van der Waals surface area contributed by atoms with Crippen LogP contribution in [-0.4, -0.2) is 9.97 Å². The van der Waals surface area contributed by atoms with Crippen LogP contribution in [0.25, 0.3) is 0 Å². The Hall–Kier alpha value is -1.56. The largest absolute Gasteiger partial charge is 0.340 e. The van der Waals surface area contributed by atoms with Crippen molar-refractivity contribution in [1.29, 1.82) is 0 Å². The van der Waals surface area contributed by atoms with Crippen LogP contribution in [0.3, 0.4) is 0 Å². The molecule has 6 heteroatoms. The van der Waals surface area contributed by atoms with Crippen molar-refractivity contribution >= 4 is 27.4 Å². The van der Waals surface area contributed by atoms with Crippen molar-refractivity contribution in [3.8, 4) is 0 Å². The Kier molecular flexibility index (Phi) is 4.42. The van der Waals surface area contributed by atoms with E-state index < -0.39 is 11.6 Å². The van der Waals surface area contributed by atoms with Gasteiger partial charge in [0.25, 0.3) is 0 Å². The first-order valence-electron chi connectivity index (χ1n) is 5.84. The molecule has 0 fully saturated rings. The van der Waals surface area contributed by atoms with Gasteiger partial charge in [0.1, 0.15) is 16.2 Å². The molecular formula is C13H12BrF2N3. The number of nitrogens with zero attached hydrogens (tertiary/aromatic N) is 2. The SMILES string of the molecule is CCCc1nc(Br)cc(Nc2ccc(F)c(F)c2)n1. The second-order valence-corrected chi connectivity index (χ2v) is 4.81. The van der Waals surface area contributed by atoms with Crippen molar-refractivity contribution in [3.05, 3.63) is 46.3 Å². The number of benzene rings is 1. The van der Waals surface area contributed by atoms with Crippen LogP contribution in [0.5, 0.6) is 0 Å². The zero-order valence-electron chi connectivity index (χ0n) is 10.3. The van der Waals surface area contributed by atoms with Crippen molar-refractivity contribution in [2.75, 3.05) is 5.32 Å². The number of nitrogens with one attached hydrogen (secondary N) is 1. The first-order chi connectivity index (χ1) is 9.08. The maximum absolute atomic E-state index is 13.1. The Morgan fingerprint density at radius 3 is 2.63 bits per heavy atom. The molecule has 0 saturated heterocycles. The van der Waals surface area contributed by atoms with Crippen molar-refractivity contribution in [2.24, 2.45) is 0 Å². The summed E-state index contributed by atoms with van der Waals surface area (Å²) in [5.74, 6) is -0.536. The van der Waals surface area contributed by atoms with Gasteiger partial charge in [-0.25, -0.2) is 18.7 Å². The summed E-state index contributed by atoms with van der Waals surface area (Å²) in [7, 11) is 0. The standard InChI is InChI=1S/C13H12BrF2N3/c1-2-3-12-18-11(14)7-13(19-12)17-8-4-5-9(15)10(16)6-8/h4-7H,2-3H2,1H3,(H,17,18,19). The molecule has 0 aliphatic rings. The van der Waals surface area contributed by atoms with Crippen LogP contribution < -0.4 is 5.32 Å². The Balaban J connectivity index is 2.24. The van der Waals surface area contributed by atoms with E-state index in [1.54, 1.807) is 6.07 Å². The zero-order chi connectivity index (χ0) is 13.8. The third kappa shape index (κ3) is 3.70. The average molecular weight is 328 g/mol. The van der Waals surface area contributed by atoms with Crippen LogP contribution in [0.15, 0.2) is 28.9 Å². The van der Waals surface area contributed by atoms with Gasteiger partial charge in [0.05, 0.1) is 0 Å². The zero-order valence-corrected chi connectivity index (χ0v) is 11.8. The molecule has 0 aliphatic carbocycles. The molecule has 0 unspecified atom stereocenters. The van der Waals surface area contributed by atoms with Crippen LogP contribution in [0.4, 0.5) is 20.3 Å². The van der Waals surface area contributed by atoms with Crippen molar-refractivity contribution in [1.82, 2.24) is 9.97 Å². The van der Waals surface area contributed by atoms with Crippen LogP contribution in [0, 0.1) is 11.6 Å². The highest BCUT2D eigenvalue weighted by Gasteiger charge is 2.06. The van der Waals surface area contributed by atoms with Crippen LogP contribution in [0.1, 0.15) is 19.2 Å². The molecule has 0 amide bonds. The second-order valence-electron chi connectivity index (χ2n) is 4.00. The Morgan fingerprint density at radius 1 is 1.16 bits per heavy atom. The van der Waals surface area contributed by atoms with Crippen LogP contribution in [-0.2, 0) is 6.42 Å². The summed E-state index contributed by atoms with van der Waals surface area (Å²) in [6, 6.07) is 5.29. The number of aromatic nitrogens is 2. The molecule has 1 N–H and O–H groups in total. The van der Waals surface area contributed by atoms with Gasteiger partial charge in [-0.05, 0) is 34.5 Å². The molecular weight excluding hydrogens is 316 g/mol. The molecule has 3 nitrogen and oxygen atoms in total. The number of hydrogen-bond acceptors (Lipinski definition) is 3. The van der Waals surface area contributed by atoms with Gasteiger partial charge in [-0.3, -0.25) is 0 Å². The third-order valence-corrected chi connectivity index (χ3v) is 2.81. The third-order valence-electron chi connectivity index (χ3n) is 2.41. The first kappa shape index (κ1) is 13.9. The highest BCUT2D eigenvalue weighted by molar-refractivity contribution is 9.10. The Labute approximate surface area is 118 Å². The fourth-order valence-corrected chi connectivity index (χ4v) is 2.01. The van der Waals surface area contributed by atoms with Crippen molar-refractivity contribution in [3.63, 3.8) is 0 Å². The lowest BCUT2D eigenvalue weighted by Crippen LogP contribution is -2.01. The van der Waals surface area contributed by atoms with Gasteiger partial charge >= 0.3 is 0 Å². The first-order valence-corrected chi connectivity index (χ1v) is 6.63. The molecule has 19 heavy (non-hydrogen) atoms. The van der Waals surface area contributed by atoms with Crippen molar-refractivity contribution < 1.29 is 8.78 Å². The van der Waals surface area contributed by atoms with Gasteiger partial charge in [0.15, 0.2) is 11.6 Å². The van der Waals surface area contributed by atoms with Crippen LogP contribution in [0.2, 0.25) is 0 Å². The van der Waals surface area contributed by atoms with E-state index in [0.29, 0.717) is 21.9 Å². The number of hydrogen-bond donors (Lipinski definition) is 1. The predicted molar refractivity (Wildman–Crippen MR) is 73.4 cm³/mol. The Bertz CT molecular complexity index is 590. The summed E-state index contributed by atoms with van der Waals surface area (Å²) in [6.45, 7) is 2.03. The normalized spacial score (nSPS) is 10.5. The molecule has 1 aromatic carbocycles. The van der Waals surface area contributed by atoms with E-state index in [1.807, 2.05) is 6.92 Å². The maximum atomic E-state index is 13.1. The minimum Gasteiger partial charge on any atom is -0.340 e. The monoisotopic (exact) mass is 327 g/mol. The fourth-order valence-electron chi connectivity index (χ4n) is 1.59. The molecule has 1 heterocycles. The van der Waals surface area contributed by atoms with Gasteiger partial charge in [-0.1, -0.05) is 6.92 Å². The highest BCUT2D eigenvalue weighted by Crippen LogP contribution is 2.20. The summed E-state index contributed by atoms with van der Waals surface area (Å²) in [4.78, 5) is 8.53. The van der Waals surface area contributed by atoms with E-state index in [-0.39, 0.29) is 0 Å². The number of rotatable bonds is 4. The van der Waals surface area contributed by atoms with Crippen LogP contribution >= 0.6 is 15.9 Å². The highest BCUT2D eigenvalue weighted by atomic mass is 79.9. The smallest absolute Gasteiger partial charge is 0.160 e. The summed E-state index contributed by atoms with van der Waals surface area (Å²) in [5.41, 5.74) is 0.437. The van der Waals surface area contributed by atoms with E-state index >= 15 is 0 Å². The van der Waals surface area contributed by atoms with Gasteiger partial charge < -0.3 is 5.32 Å². The Morgan fingerprint density at radius 2 is 1.95 bits per heavy atom. The number of anilines is 2. The molecule has 0 aliphatic heterocycles. The van der Waals surface area contributed by atoms with E-state index in [9.17, 15) is 8.78 Å². The van der Waals surface area contributed by atoms with E-state index in [0.717, 1.165) is 25.0 Å². The predicted octanol–water partition coefficient (Wildman–Crippen LogP) is 4.21. The summed E-state index contributed by atoms with van der Waals surface area (Å²) >= 11 is 3.30. The minimum absolute atomic E-state index is 0.437. The molecule has 100 valence electrons. The summed E-state index contributed by atoms with van der Waals surface area (Å²) in [5, 5.41) is 2.92. The molecule has 2 aromatic rings. The number of halogens is 3. The molecule has 0 radical (unpaired) electrons. The second kappa shape index (κ2) is 6.06. The summed E-state index contributed by atoms with van der Waals surface area (Å²) < 4.78 is 26.6. The van der Waals surface area contributed by atoms with Gasteiger partial charge in [-0.2, -0.15) is 0 Å². The fraction of sp³-hybridized carbons (Fsp3) is 0.231. The quantitative estimate of drug-likeness (QED) is 0.854. The van der Waals surface area contributed by atoms with E-state index in [4.69, 9.17) is 0 Å². The molecule has 0 bridgehead atoms.